The first kappa shape index (κ1) is 31.7. The number of fused-ring (bicyclic) bond motifs is 5. The lowest BCUT2D eigenvalue weighted by Crippen LogP contribution is -2.50. The van der Waals surface area contributed by atoms with Gasteiger partial charge in [0.1, 0.15) is 6.29 Å². The van der Waals surface area contributed by atoms with Gasteiger partial charge in [-0.05, 0) is 116 Å². The number of aldehydes is 1. The number of carbonyl (C=O) groups is 1. The Labute approximate surface area is 239 Å². The van der Waals surface area contributed by atoms with Crippen molar-refractivity contribution in [2.24, 2.45) is 40.4 Å². The molecular formula is C35H58N2O2. The molecule has 0 bridgehead atoms. The Kier molecular flexibility index (Phi) is 10.8. The van der Waals surface area contributed by atoms with Crippen LogP contribution in [0.15, 0.2) is 29.8 Å². The molecule has 0 spiro atoms. The first-order chi connectivity index (χ1) is 18.1. The number of allylic oxidation sites excluding steroid dienone is 1. The molecule has 7 atom stereocenters. The summed E-state index contributed by atoms with van der Waals surface area (Å²) in [5.74, 6) is 4.79. The van der Waals surface area contributed by atoms with E-state index in [1.807, 2.05) is 7.11 Å². The molecule has 4 N–H and O–H groups in total. The number of nitrogen functional groups attached to an aromatic ring is 2. The number of hydrogen-bond acceptors (Lipinski definition) is 4. The van der Waals surface area contributed by atoms with Crippen LogP contribution in [0.2, 0.25) is 0 Å². The van der Waals surface area contributed by atoms with Gasteiger partial charge in [0.2, 0.25) is 0 Å². The maximum absolute atomic E-state index is 10.2. The quantitative estimate of drug-likeness (QED) is 0.157. The zero-order valence-corrected chi connectivity index (χ0v) is 24.8. The van der Waals surface area contributed by atoms with Gasteiger partial charge >= 0.3 is 0 Å². The maximum Gasteiger partial charge on any atom is 0.150 e. The molecule has 4 aliphatic rings. The van der Waals surface area contributed by atoms with E-state index >= 15 is 0 Å². The van der Waals surface area contributed by atoms with Crippen LogP contribution in [0.4, 0.5) is 11.4 Å². The fourth-order valence-corrected chi connectivity index (χ4v) is 9.13. The Hall–Kier alpha value is -1.81. The van der Waals surface area contributed by atoms with Crippen molar-refractivity contribution in [3.05, 3.63) is 35.4 Å². The number of methoxy groups -OCH3 is 1. The Bertz CT molecular complexity index is 967. The Balaban J connectivity index is 0.000000324. The van der Waals surface area contributed by atoms with E-state index in [9.17, 15) is 4.79 Å². The molecule has 4 aliphatic carbocycles. The predicted molar refractivity (Wildman–Crippen MR) is 167 cm³/mol. The van der Waals surface area contributed by atoms with Crippen molar-refractivity contribution in [2.75, 3.05) is 18.6 Å². The lowest BCUT2D eigenvalue weighted by molar-refractivity contribution is -0.0542. The van der Waals surface area contributed by atoms with Crippen LogP contribution in [0.25, 0.3) is 0 Å². The number of rotatable bonds is 7. The Morgan fingerprint density at radius 1 is 1.00 bits per heavy atom. The van der Waals surface area contributed by atoms with Crippen LogP contribution in [0.1, 0.15) is 123 Å². The zero-order chi connectivity index (χ0) is 27.5. The van der Waals surface area contributed by atoms with E-state index in [0.717, 1.165) is 29.6 Å². The summed E-state index contributed by atoms with van der Waals surface area (Å²) in [6, 6.07) is 4.75. The highest BCUT2D eigenvalue weighted by molar-refractivity contribution is 5.79. The molecule has 1 aromatic rings. The molecule has 3 saturated carbocycles. The first-order valence-corrected chi connectivity index (χ1v) is 15.4. The largest absolute Gasteiger partial charge is 0.399 e. The van der Waals surface area contributed by atoms with Crippen molar-refractivity contribution in [3.8, 4) is 0 Å². The minimum atomic E-state index is 0. The number of hydrogen-bond donors (Lipinski definition) is 2. The summed E-state index contributed by atoms with van der Waals surface area (Å²) in [6.07, 6.45) is 21.0. The summed E-state index contributed by atoms with van der Waals surface area (Å²) >= 11 is 0. The molecule has 7 unspecified atom stereocenters. The SMILES string of the molecule is C.COC1CCC2(C)C(=CCC3C2CCC2(C)C(CCCCC(C)C)CCC32)C1.Nc1cc(N)cc(C=O)c1. The molecular weight excluding hydrogens is 480 g/mol. The normalized spacial score (nSPS) is 34.9. The molecule has 3 fully saturated rings. The fraction of sp³-hybridized carbons (Fsp3) is 0.743. The van der Waals surface area contributed by atoms with E-state index in [4.69, 9.17) is 16.2 Å². The Morgan fingerprint density at radius 3 is 2.36 bits per heavy atom. The second kappa shape index (κ2) is 13.2. The molecule has 0 aliphatic heterocycles. The van der Waals surface area contributed by atoms with Gasteiger partial charge in [0.05, 0.1) is 6.10 Å². The van der Waals surface area contributed by atoms with E-state index in [-0.39, 0.29) is 7.43 Å². The lowest BCUT2D eigenvalue weighted by Gasteiger charge is -2.58. The van der Waals surface area contributed by atoms with Crippen LogP contribution in [0.5, 0.6) is 0 Å². The third kappa shape index (κ3) is 6.75. The van der Waals surface area contributed by atoms with Crippen molar-refractivity contribution in [1.82, 2.24) is 0 Å². The summed E-state index contributed by atoms with van der Waals surface area (Å²) in [5.41, 5.74) is 15.2. The van der Waals surface area contributed by atoms with Crippen molar-refractivity contribution in [2.45, 2.75) is 118 Å². The van der Waals surface area contributed by atoms with Gasteiger partial charge < -0.3 is 16.2 Å². The van der Waals surface area contributed by atoms with Gasteiger partial charge in [-0.2, -0.15) is 0 Å². The van der Waals surface area contributed by atoms with Crippen molar-refractivity contribution in [3.63, 3.8) is 0 Å². The second-order valence-corrected chi connectivity index (χ2v) is 13.9. The average molecular weight is 539 g/mol. The van der Waals surface area contributed by atoms with Gasteiger partial charge in [0, 0.05) is 24.0 Å². The fourth-order valence-electron chi connectivity index (χ4n) is 9.13. The van der Waals surface area contributed by atoms with Gasteiger partial charge in [-0.15, -0.1) is 0 Å². The number of unbranched alkanes of at least 4 members (excludes halogenated alkanes) is 1. The lowest BCUT2D eigenvalue weighted by atomic mass is 9.47. The van der Waals surface area contributed by atoms with E-state index in [1.54, 1.807) is 23.8 Å². The average Bonchev–Trinajstić information content (AvgIpc) is 3.22. The van der Waals surface area contributed by atoms with Crippen LogP contribution in [0.3, 0.4) is 0 Å². The standard InChI is InChI=1S/C27H46O.C7H8N2O.CH4/c1-19(2)8-6-7-9-20-11-13-24-23-12-10-21-18-22(28-5)14-16-27(21,4)25(23)15-17-26(20,24)3;8-6-1-5(4-10)2-7(9)3-6;/h10,19-20,22-25H,6-9,11-18H2,1-5H3;1-4H,8-9H2;1H4. The highest BCUT2D eigenvalue weighted by atomic mass is 16.5. The van der Waals surface area contributed by atoms with Gasteiger partial charge in [-0.3, -0.25) is 4.79 Å². The monoisotopic (exact) mass is 538 g/mol. The molecule has 220 valence electrons. The summed E-state index contributed by atoms with van der Waals surface area (Å²) in [6.45, 7) is 10.1. The highest BCUT2D eigenvalue weighted by Gasteiger charge is 2.58. The molecule has 39 heavy (non-hydrogen) atoms. The molecule has 4 nitrogen and oxygen atoms in total. The number of nitrogens with two attached hydrogens (primary N) is 2. The second-order valence-electron chi connectivity index (χ2n) is 13.9. The van der Waals surface area contributed by atoms with Gasteiger partial charge in [-0.25, -0.2) is 0 Å². The third-order valence-electron chi connectivity index (χ3n) is 11.3. The molecule has 0 amide bonds. The summed E-state index contributed by atoms with van der Waals surface area (Å²) in [5, 5.41) is 0. The third-order valence-corrected chi connectivity index (χ3v) is 11.3. The topological polar surface area (TPSA) is 78.3 Å². The zero-order valence-electron chi connectivity index (χ0n) is 24.8. The van der Waals surface area contributed by atoms with Crippen LogP contribution in [-0.2, 0) is 4.74 Å². The van der Waals surface area contributed by atoms with Crippen LogP contribution in [-0.4, -0.2) is 19.5 Å². The Morgan fingerprint density at radius 2 is 1.72 bits per heavy atom. The van der Waals surface area contributed by atoms with E-state index < -0.39 is 0 Å². The van der Waals surface area contributed by atoms with Crippen molar-refractivity contribution >= 4 is 17.7 Å². The van der Waals surface area contributed by atoms with E-state index in [0.29, 0.717) is 40.2 Å². The van der Waals surface area contributed by atoms with Crippen molar-refractivity contribution in [1.29, 1.82) is 0 Å². The van der Waals surface area contributed by atoms with Gasteiger partial charge in [0.25, 0.3) is 0 Å². The summed E-state index contributed by atoms with van der Waals surface area (Å²) in [4.78, 5) is 10.2. The maximum atomic E-state index is 10.2. The minimum absolute atomic E-state index is 0. The van der Waals surface area contributed by atoms with Crippen LogP contribution in [0, 0.1) is 40.4 Å². The molecule has 4 heteroatoms. The van der Waals surface area contributed by atoms with Crippen molar-refractivity contribution < 1.29 is 9.53 Å². The number of anilines is 2. The molecule has 5 rings (SSSR count). The van der Waals surface area contributed by atoms with Gasteiger partial charge in [-0.1, -0.05) is 66.0 Å². The first-order valence-electron chi connectivity index (χ1n) is 15.4. The molecule has 0 heterocycles. The van der Waals surface area contributed by atoms with Gasteiger partial charge in [0.15, 0.2) is 0 Å². The highest BCUT2D eigenvalue weighted by Crippen LogP contribution is 2.66. The number of ether oxygens (including phenoxy) is 1. The smallest absolute Gasteiger partial charge is 0.150 e. The van der Waals surface area contributed by atoms with E-state index in [1.165, 1.54) is 77.0 Å². The van der Waals surface area contributed by atoms with Crippen LogP contribution < -0.4 is 11.5 Å². The summed E-state index contributed by atoms with van der Waals surface area (Å²) in [7, 11) is 1.91. The molecule has 0 saturated heterocycles. The van der Waals surface area contributed by atoms with Crippen LogP contribution >= 0.6 is 0 Å². The number of benzene rings is 1. The molecule has 0 aromatic heterocycles. The molecule has 0 radical (unpaired) electrons. The van der Waals surface area contributed by atoms with E-state index in [2.05, 4.69) is 33.8 Å². The summed E-state index contributed by atoms with van der Waals surface area (Å²) < 4.78 is 5.74. The minimum Gasteiger partial charge on any atom is -0.399 e. The predicted octanol–water partition coefficient (Wildman–Crippen LogP) is 9.10. The number of carbonyl (C=O) groups excluding carboxylic acids is 1. The molecule has 1 aromatic carbocycles.